The van der Waals surface area contributed by atoms with Crippen LogP contribution in [0.5, 0.6) is 0 Å². The number of aliphatic hydroxyl groups excluding tert-OH is 1. The van der Waals surface area contributed by atoms with Crippen LogP contribution in [0.4, 0.5) is 4.39 Å². The van der Waals surface area contributed by atoms with Gasteiger partial charge >= 0.3 is 0 Å². The molecule has 0 saturated heterocycles. The van der Waals surface area contributed by atoms with Crippen LogP contribution in [-0.2, 0) is 6.54 Å². The lowest BCUT2D eigenvalue weighted by molar-refractivity contribution is 0.0145. The molecular weight excluding hydrogens is 269 g/mol. The summed E-state index contributed by atoms with van der Waals surface area (Å²) in [7, 11) is 1.93. The van der Waals surface area contributed by atoms with E-state index < -0.39 is 5.60 Å². The van der Waals surface area contributed by atoms with Gasteiger partial charge in [0, 0.05) is 18.7 Å². The minimum absolute atomic E-state index is 0.237. The Hall–Kier alpha value is -1.41. The molecule has 1 saturated carbocycles. The molecule has 1 fully saturated rings. The van der Waals surface area contributed by atoms with Gasteiger partial charge in [0.15, 0.2) is 0 Å². The fourth-order valence-electron chi connectivity index (χ4n) is 3.02. The molecule has 0 unspecified atom stereocenters. The number of aliphatic hydroxyl groups is 2. The maximum Gasteiger partial charge on any atom is 0.124 e. The van der Waals surface area contributed by atoms with Crippen molar-refractivity contribution in [2.24, 2.45) is 0 Å². The number of benzene rings is 1. The van der Waals surface area contributed by atoms with Crippen molar-refractivity contribution in [3.05, 3.63) is 35.1 Å². The van der Waals surface area contributed by atoms with E-state index in [1.807, 2.05) is 18.0 Å². The number of rotatable bonds is 4. The summed E-state index contributed by atoms with van der Waals surface area (Å²) in [6, 6.07) is 4.66. The Morgan fingerprint density at radius 1 is 1.29 bits per heavy atom. The number of hydrogen-bond donors (Lipinski definition) is 2. The molecule has 21 heavy (non-hydrogen) atoms. The van der Waals surface area contributed by atoms with Crippen LogP contribution in [0.2, 0.25) is 0 Å². The quantitative estimate of drug-likeness (QED) is 0.833. The minimum Gasteiger partial charge on any atom is -0.389 e. The lowest BCUT2D eigenvalue weighted by Gasteiger charge is -2.28. The van der Waals surface area contributed by atoms with Crippen molar-refractivity contribution in [3.63, 3.8) is 0 Å². The Balaban J connectivity index is 2.02. The van der Waals surface area contributed by atoms with Crippen LogP contribution in [0.1, 0.15) is 36.8 Å². The van der Waals surface area contributed by atoms with E-state index in [1.54, 1.807) is 0 Å². The molecule has 0 amide bonds. The molecule has 0 aliphatic heterocycles. The second kappa shape index (κ2) is 7.04. The molecule has 1 aliphatic carbocycles. The summed E-state index contributed by atoms with van der Waals surface area (Å²) in [6.45, 7) is 0.924. The van der Waals surface area contributed by atoms with Crippen molar-refractivity contribution in [1.29, 1.82) is 0 Å². The molecule has 0 bridgehead atoms. The summed E-state index contributed by atoms with van der Waals surface area (Å²) in [5.41, 5.74) is 0.787. The van der Waals surface area contributed by atoms with Gasteiger partial charge in [-0.05, 0) is 43.7 Å². The van der Waals surface area contributed by atoms with Crippen LogP contribution in [0.25, 0.3) is 0 Å². The Kier molecular flexibility index (Phi) is 5.35. The highest BCUT2D eigenvalue weighted by molar-refractivity contribution is 5.37. The summed E-state index contributed by atoms with van der Waals surface area (Å²) in [6.07, 6.45) is 3.83. The van der Waals surface area contributed by atoms with E-state index in [0.29, 0.717) is 18.7 Å². The first-order valence-electron chi connectivity index (χ1n) is 7.31. The molecule has 114 valence electrons. The average Bonchev–Trinajstić information content (AvgIpc) is 2.81. The van der Waals surface area contributed by atoms with E-state index >= 15 is 0 Å². The van der Waals surface area contributed by atoms with Crippen LogP contribution in [0.3, 0.4) is 0 Å². The van der Waals surface area contributed by atoms with E-state index in [0.717, 1.165) is 31.2 Å². The zero-order valence-corrected chi connectivity index (χ0v) is 12.4. The second-order valence-electron chi connectivity index (χ2n) is 5.91. The normalized spacial score (nSPS) is 16.8. The third-order valence-electron chi connectivity index (χ3n) is 3.82. The molecule has 0 heterocycles. The van der Waals surface area contributed by atoms with E-state index in [4.69, 9.17) is 5.11 Å². The molecule has 0 aromatic heterocycles. The van der Waals surface area contributed by atoms with Gasteiger partial charge in [0.2, 0.25) is 0 Å². The Labute approximate surface area is 125 Å². The fourth-order valence-corrected chi connectivity index (χ4v) is 3.02. The lowest BCUT2D eigenvalue weighted by Crippen LogP contribution is -2.38. The highest BCUT2D eigenvalue weighted by Crippen LogP contribution is 2.30. The molecule has 0 radical (unpaired) electrons. The maximum absolute atomic E-state index is 13.6. The van der Waals surface area contributed by atoms with Crippen molar-refractivity contribution in [2.75, 3.05) is 20.2 Å². The van der Waals surface area contributed by atoms with Crippen molar-refractivity contribution < 1.29 is 14.6 Å². The average molecular weight is 291 g/mol. The highest BCUT2D eigenvalue weighted by Gasteiger charge is 2.32. The van der Waals surface area contributed by atoms with Gasteiger partial charge in [-0.2, -0.15) is 0 Å². The monoisotopic (exact) mass is 291 g/mol. The fraction of sp³-hybridized carbons (Fsp3) is 0.529. The SMILES string of the molecule is CN(Cc1cc(F)cc(C#CCO)c1)CC1(O)CCCC1. The first-order chi connectivity index (χ1) is 10.0. The van der Waals surface area contributed by atoms with Gasteiger partial charge in [-0.15, -0.1) is 0 Å². The predicted molar refractivity (Wildman–Crippen MR) is 80.1 cm³/mol. The molecule has 4 heteroatoms. The van der Waals surface area contributed by atoms with E-state index in [2.05, 4.69) is 11.8 Å². The van der Waals surface area contributed by atoms with Crippen molar-refractivity contribution in [3.8, 4) is 11.8 Å². The van der Waals surface area contributed by atoms with Gasteiger partial charge < -0.3 is 10.2 Å². The van der Waals surface area contributed by atoms with Crippen molar-refractivity contribution in [2.45, 2.75) is 37.8 Å². The van der Waals surface area contributed by atoms with E-state index in [9.17, 15) is 9.50 Å². The standard InChI is InChI=1S/C17H22FNO2/c1-19(13-17(21)6-2-3-7-17)12-15-9-14(5-4-8-20)10-16(18)11-15/h9-11,20-21H,2-3,6-8,12-13H2,1H3. The molecule has 3 nitrogen and oxygen atoms in total. The number of nitrogens with zero attached hydrogens (tertiary/aromatic N) is 1. The minimum atomic E-state index is -0.596. The smallest absolute Gasteiger partial charge is 0.124 e. The van der Waals surface area contributed by atoms with Gasteiger partial charge in [0.25, 0.3) is 0 Å². The summed E-state index contributed by atoms with van der Waals surface area (Å²) >= 11 is 0. The second-order valence-corrected chi connectivity index (χ2v) is 5.91. The summed E-state index contributed by atoms with van der Waals surface area (Å²) < 4.78 is 13.6. The van der Waals surface area contributed by atoms with Crippen molar-refractivity contribution >= 4 is 0 Å². The molecule has 2 rings (SSSR count). The van der Waals surface area contributed by atoms with Gasteiger partial charge in [0.05, 0.1) is 5.60 Å². The molecule has 1 aromatic carbocycles. The molecule has 2 N–H and O–H groups in total. The third-order valence-corrected chi connectivity index (χ3v) is 3.82. The molecular formula is C17H22FNO2. The van der Waals surface area contributed by atoms with Crippen LogP contribution in [0.15, 0.2) is 18.2 Å². The van der Waals surface area contributed by atoms with E-state index in [1.165, 1.54) is 12.1 Å². The highest BCUT2D eigenvalue weighted by atomic mass is 19.1. The lowest BCUT2D eigenvalue weighted by atomic mass is 10.0. The topological polar surface area (TPSA) is 43.7 Å². The first-order valence-corrected chi connectivity index (χ1v) is 7.31. The number of halogens is 1. The van der Waals surface area contributed by atoms with Crippen molar-refractivity contribution in [1.82, 2.24) is 4.90 Å². The summed E-state index contributed by atoms with van der Waals surface area (Å²) in [5.74, 6) is 4.91. The molecule has 1 aromatic rings. The van der Waals surface area contributed by atoms with Gasteiger partial charge in [-0.1, -0.05) is 24.7 Å². The Morgan fingerprint density at radius 3 is 2.67 bits per heavy atom. The van der Waals surface area contributed by atoms with Crippen LogP contribution < -0.4 is 0 Å². The Bertz CT molecular complexity index is 541. The maximum atomic E-state index is 13.6. The van der Waals surface area contributed by atoms with Gasteiger partial charge in [-0.3, -0.25) is 4.90 Å². The van der Waals surface area contributed by atoms with Gasteiger partial charge in [-0.25, -0.2) is 4.39 Å². The Morgan fingerprint density at radius 2 is 2.00 bits per heavy atom. The molecule has 1 aliphatic rings. The first kappa shape index (κ1) is 16.0. The zero-order valence-electron chi connectivity index (χ0n) is 12.4. The van der Waals surface area contributed by atoms with E-state index in [-0.39, 0.29) is 12.4 Å². The predicted octanol–water partition coefficient (Wildman–Crippen LogP) is 1.91. The number of likely N-dealkylation sites (N-methyl/N-ethyl adjacent to an activating group) is 1. The summed E-state index contributed by atoms with van der Waals surface area (Å²) in [5, 5.41) is 19.1. The van der Waals surface area contributed by atoms with Crippen LogP contribution in [-0.4, -0.2) is 40.9 Å². The molecule has 0 atom stereocenters. The zero-order chi connectivity index (χ0) is 15.3. The molecule has 0 spiro atoms. The van der Waals surface area contributed by atoms with Gasteiger partial charge in [0.1, 0.15) is 12.4 Å². The number of hydrogen-bond acceptors (Lipinski definition) is 3. The summed E-state index contributed by atoms with van der Waals surface area (Å²) in [4.78, 5) is 2.02. The largest absolute Gasteiger partial charge is 0.389 e. The third kappa shape index (κ3) is 4.82. The van der Waals surface area contributed by atoms with Crippen LogP contribution >= 0.6 is 0 Å². The van der Waals surface area contributed by atoms with Crippen LogP contribution in [0, 0.1) is 17.7 Å².